The third-order valence-electron chi connectivity index (χ3n) is 4.87. The lowest BCUT2D eigenvalue weighted by atomic mass is 9.98. The highest BCUT2D eigenvalue weighted by Gasteiger charge is 2.36. The van der Waals surface area contributed by atoms with Gasteiger partial charge >= 0.3 is 0 Å². The van der Waals surface area contributed by atoms with Crippen LogP contribution in [0.15, 0.2) is 53.6 Å². The van der Waals surface area contributed by atoms with Gasteiger partial charge in [0.1, 0.15) is 0 Å². The lowest BCUT2D eigenvalue weighted by Crippen LogP contribution is -2.28. The van der Waals surface area contributed by atoms with E-state index in [1.807, 2.05) is 31.2 Å². The Bertz CT molecular complexity index is 1120. The smallest absolute Gasteiger partial charge is 0.250 e. The van der Waals surface area contributed by atoms with Crippen LogP contribution >= 0.6 is 0 Å². The van der Waals surface area contributed by atoms with Crippen LogP contribution in [0, 0.1) is 6.92 Å². The quantitative estimate of drug-likeness (QED) is 0.722. The summed E-state index contributed by atoms with van der Waals surface area (Å²) in [6.45, 7) is 5.11. The number of anilines is 1. The van der Waals surface area contributed by atoms with E-state index in [1.54, 1.807) is 38.1 Å². The van der Waals surface area contributed by atoms with Crippen molar-refractivity contribution in [2.24, 2.45) is 5.10 Å². The molecule has 1 aliphatic heterocycles. The van der Waals surface area contributed by atoms with Crippen LogP contribution in [0.4, 0.5) is 5.69 Å². The van der Waals surface area contributed by atoms with Crippen LogP contribution in [-0.2, 0) is 20.0 Å². The zero-order chi connectivity index (χ0) is 21.2. The Balaban J connectivity index is 2.05. The molecular formula is C20H25N3O4S2. The molecule has 1 heterocycles. The summed E-state index contributed by atoms with van der Waals surface area (Å²) < 4.78 is 53.3. The van der Waals surface area contributed by atoms with Gasteiger partial charge in [-0.2, -0.15) is 9.52 Å². The fraction of sp³-hybridized carbons (Fsp3) is 0.350. The Labute approximate surface area is 172 Å². The first-order valence-corrected chi connectivity index (χ1v) is 12.7. The standard InChI is InChI=1S/C20H25N3O4S2/c1-4-28(24,25)22-18-9-7-6-8-17(18)19-14-20(16-12-10-15(3)11-13-16)23(21-19)29(26,27)5-2/h6-13,20,22H,4-5,14H2,1-3H3/t20-/m1/s1. The highest BCUT2D eigenvalue weighted by atomic mass is 32.2. The Kier molecular flexibility index (Phi) is 6.00. The number of nitrogens with one attached hydrogen (secondary N) is 1. The van der Waals surface area contributed by atoms with Crippen molar-refractivity contribution in [1.82, 2.24) is 4.41 Å². The van der Waals surface area contributed by atoms with Crippen molar-refractivity contribution in [3.63, 3.8) is 0 Å². The molecule has 0 saturated heterocycles. The zero-order valence-electron chi connectivity index (χ0n) is 16.7. The second-order valence-electron chi connectivity index (χ2n) is 6.90. The average molecular weight is 436 g/mol. The van der Waals surface area contributed by atoms with Crippen LogP contribution < -0.4 is 4.72 Å². The third-order valence-corrected chi connectivity index (χ3v) is 7.79. The largest absolute Gasteiger partial charge is 0.283 e. The number of hydrogen-bond donors (Lipinski definition) is 1. The monoisotopic (exact) mass is 435 g/mol. The molecule has 0 bridgehead atoms. The number of hydrogen-bond acceptors (Lipinski definition) is 5. The molecule has 0 radical (unpaired) electrons. The lowest BCUT2D eigenvalue weighted by molar-refractivity contribution is 0.372. The molecule has 9 heteroatoms. The van der Waals surface area contributed by atoms with E-state index in [0.717, 1.165) is 15.5 Å². The summed E-state index contributed by atoms with van der Waals surface area (Å²) in [5.74, 6) is -0.133. The maximum absolute atomic E-state index is 12.7. The Morgan fingerprint density at radius 1 is 1.00 bits per heavy atom. The van der Waals surface area contributed by atoms with Gasteiger partial charge in [-0.3, -0.25) is 4.72 Å². The molecule has 3 rings (SSSR count). The van der Waals surface area contributed by atoms with Gasteiger partial charge in [0, 0.05) is 12.0 Å². The first kappa shape index (κ1) is 21.3. The second kappa shape index (κ2) is 8.16. The van der Waals surface area contributed by atoms with E-state index in [-0.39, 0.29) is 11.5 Å². The minimum absolute atomic E-state index is 0.0594. The SMILES string of the molecule is CCS(=O)(=O)Nc1ccccc1C1=NN(S(=O)(=O)CC)[C@@H](c2ccc(C)cc2)C1. The van der Waals surface area contributed by atoms with Crippen LogP contribution in [0.2, 0.25) is 0 Å². The van der Waals surface area contributed by atoms with Crippen LogP contribution in [0.25, 0.3) is 0 Å². The Morgan fingerprint density at radius 2 is 1.66 bits per heavy atom. The van der Waals surface area contributed by atoms with Crippen molar-refractivity contribution in [2.75, 3.05) is 16.2 Å². The topological polar surface area (TPSA) is 95.9 Å². The number of rotatable bonds is 7. The summed E-state index contributed by atoms with van der Waals surface area (Å²) in [5, 5.41) is 4.42. The van der Waals surface area contributed by atoms with Crippen molar-refractivity contribution < 1.29 is 16.8 Å². The van der Waals surface area contributed by atoms with Crippen molar-refractivity contribution in [2.45, 2.75) is 33.2 Å². The van der Waals surface area contributed by atoms with E-state index in [0.29, 0.717) is 23.4 Å². The Morgan fingerprint density at radius 3 is 2.28 bits per heavy atom. The van der Waals surface area contributed by atoms with Crippen molar-refractivity contribution >= 4 is 31.4 Å². The predicted molar refractivity (Wildman–Crippen MR) is 116 cm³/mol. The summed E-state index contributed by atoms with van der Waals surface area (Å²) in [5.41, 5.74) is 3.43. The summed E-state index contributed by atoms with van der Waals surface area (Å²) in [6.07, 6.45) is 0.354. The fourth-order valence-corrected chi connectivity index (χ4v) is 4.87. The highest BCUT2D eigenvalue weighted by molar-refractivity contribution is 7.92. The van der Waals surface area contributed by atoms with Gasteiger partial charge in [0.15, 0.2) is 0 Å². The van der Waals surface area contributed by atoms with Gasteiger partial charge in [0.25, 0.3) is 0 Å². The summed E-state index contributed by atoms with van der Waals surface area (Å²) in [7, 11) is -7.07. The van der Waals surface area contributed by atoms with Gasteiger partial charge in [0.2, 0.25) is 20.0 Å². The molecule has 0 saturated carbocycles. The van der Waals surface area contributed by atoms with Gasteiger partial charge in [-0.1, -0.05) is 48.0 Å². The molecule has 0 unspecified atom stereocenters. The van der Waals surface area contributed by atoms with Gasteiger partial charge in [-0.05, 0) is 32.4 Å². The fourth-order valence-electron chi connectivity index (χ4n) is 3.14. The zero-order valence-corrected chi connectivity index (χ0v) is 18.3. The minimum atomic E-state index is -3.59. The van der Waals surface area contributed by atoms with E-state index in [2.05, 4.69) is 9.82 Å². The van der Waals surface area contributed by atoms with Crippen molar-refractivity contribution in [3.8, 4) is 0 Å². The average Bonchev–Trinajstić information content (AvgIpc) is 3.15. The maximum atomic E-state index is 12.7. The molecule has 156 valence electrons. The van der Waals surface area contributed by atoms with Gasteiger partial charge in [-0.25, -0.2) is 16.8 Å². The first-order chi connectivity index (χ1) is 13.7. The molecule has 2 aromatic rings. The molecule has 0 spiro atoms. The van der Waals surface area contributed by atoms with Crippen LogP contribution in [-0.4, -0.2) is 38.5 Å². The van der Waals surface area contributed by atoms with Crippen LogP contribution in [0.3, 0.4) is 0 Å². The molecule has 0 amide bonds. The number of aryl methyl sites for hydroxylation is 1. The third kappa shape index (κ3) is 4.62. The molecule has 2 aromatic carbocycles. The molecule has 0 aromatic heterocycles. The van der Waals surface area contributed by atoms with E-state index in [4.69, 9.17) is 0 Å². The summed E-state index contributed by atoms with van der Waals surface area (Å²) in [4.78, 5) is 0. The normalized spacial score (nSPS) is 17.3. The van der Waals surface area contributed by atoms with Gasteiger partial charge in [0.05, 0.1) is 28.9 Å². The molecule has 1 N–H and O–H groups in total. The number of benzene rings is 2. The number of sulfonamides is 2. The molecule has 1 atom stereocenters. The lowest BCUT2D eigenvalue weighted by Gasteiger charge is -2.22. The minimum Gasteiger partial charge on any atom is -0.283 e. The first-order valence-electron chi connectivity index (χ1n) is 9.43. The Hall–Kier alpha value is -2.39. The second-order valence-corrected chi connectivity index (χ2v) is 11.0. The van der Waals surface area contributed by atoms with Crippen LogP contribution in [0.5, 0.6) is 0 Å². The van der Waals surface area contributed by atoms with Crippen LogP contribution in [0.1, 0.15) is 43.0 Å². The maximum Gasteiger partial charge on any atom is 0.250 e. The van der Waals surface area contributed by atoms with Gasteiger partial charge in [-0.15, -0.1) is 0 Å². The van der Waals surface area contributed by atoms with Gasteiger partial charge < -0.3 is 0 Å². The number of para-hydroxylation sites is 1. The van der Waals surface area contributed by atoms with E-state index in [9.17, 15) is 16.8 Å². The molecule has 7 nitrogen and oxygen atoms in total. The van der Waals surface area contributed by atoms with Crippen molar-refractivity contribution in [3.05, 3.63) is 65.2 Å². The van der Waals surface area contributed by atoms with Crippen molar-refractivity contribution in [1.29, 1.82) is 0 Å². The number of hydrazone groups is 1. The molecule has 0 aliphatic carbocycles. The van der Waals surface area contributed by atoms with E-state index in [1.165, 1.54) is 0 Å². The predicted octanol–water partition coefficient (Wildman–Crippen LogP) is 3.26. The molecule has 0 fully saturated rings. The molecule has 1 aliphatic rings. The van der Waals surface area contributed by atoms with E-state index >= 15 is 0 Å². The summed E-state index contributed by atoms with van der Waals surface area (Å²) in [6, 6.07) is 14.1. The summed E-state index contributed by atoms with van der Waals surface area (Å²) >= 11 is 0. The molecular weight excluding hydrogens is 410 g/mol. The van der Waals surface area contributed by atoms with E-state index < -0.39 is 26.1 Å². The number of nitrogens with zero attached hydrogens (tertiary/aromatic N) is 2. The molecule has 29 heavy (non-hydrogen) atoms. The highest BCUT2D eigenvalue weighted by Crippen LogP contribution is 2.36.